The summed E-state index contributed by atoms with van der Waals surface area (Å²) in [4.78, 5) is 0. The van der Waals surface area contributed by atoms with Crippen LogP contribution in [0, 0.1) is 11.3 Å². The number of rotatable bonds is 2. The van der Waals surface area contributed by atoms with Crippen LogP contribution in [0.15, 0.2) is 36.4 Å². The molecule has 0 fully saturated rings. The van der Waals surface area contributed by atoms with Gasteiger partial charge in [0, 0.05) is 5.02 Å². The Kier molecular flexibility index (Phi) is 3.72. The summed E-state index contributed by atoms with van der Waals surface area (Å²) in [6, 6.07) is 13.0. The lowest BCUT2D eigenvalue weighted by molar-refractivity contribution is 0.472. The first kappa shape index (κ1) is 13.8. The minimum absolute atomic E-state index is 0.139. The molecule has 2 aromatic carbocycles. The number of benzene rings is 2. The molecule has 0 saturated heterocycles. The van der Waals surface area contributed by atoms with Crippen LogP contribution in [0.1, 0.15) is 35.6 Å². The molecule has 3 rings (SSSR count). The Labute approximate surface area is 128 Å². The highest BCUT2D eigenvalue weighted by Gasteiger charge is 2.21. The lowest BCUT2D eigenvalue weighted by atomic mass is 9.87. The van der Waals surface area contributed by atoms with Crippen LogP contribution in [-0.2, 0) is 6.42 Å². The van der Waals surface area contributed by atoms with E-state index in [-0.39, 0.29) is 6.04 Å². The summed E-state index contributed by atoms with van der Waals surface area (Å²) in [7, 11) is 0. The lowest BCUT2D eigenvalue weighted by Gasteiger charge is -2.27. The molecule has 0 heterocycles. The van der Waals surface area contributed by atoms with Gasteiger partial charge in [-0.25, -0.2) is 0 Å². The van der Waals surface area contributed by atoms with Crippen molar-refractivity contribution >= 4 is 17.3 Å². The molecule has 1 aliphatic rings. The van der Waals surface area contributed by atoms with Gasteiger partial charge in [0.05, 0.1) is 17.3 Å². The number of halogens is 1. The minimum Gasteiger partial charge on any atom is -0.508 e. The summed E-state index contributed by atoms with van der Waals surface area (Å²) < 4.78 is 0. The molecule has 1 unspecified atom stereocenters. The van der Waals surface area contributed by atoms with E-state index in [9.17, 15) is 10.4 Å². The molecule has 3 nitrogen and oxygen atoms in total. The normalized spacial score (nSPS) is 16.9. The number of nitriles is 1. The maximum atomic E-state index is 9.60. The number of hydrogen-bond donors (Lipinski definition) is 2. The summed E-state index contributed by atoms with van der Waals surface area (Å²) in [6.45, 7) is 0. The Balaban J connectivity index is 1.94. The third-order valence-electron chi connectivity index (χ3n) is 3.87. The number of phenols is 1. The van der Waals surface area contributed by atoms with Gasteiger partial charge >= 0.3 is 0 Å². The summed E-state index contributed by atoms with van der Waals surface area (Å²) >= 11 is 6.03. The first-order valence-electron chi connectivity index (χ1n) is 6.95. The fourth-order valence-corrected chi connectivity index (χ4v) is 3.04. The van der Waals surface area contributed by atoms with Gasteiger partial charge in [-0.1, -0.05) is 17.7 Å². The van der Waals surface area contributed by atoms with Crippen LogP contribution >= 0.6 is 11.6 Å². The zero-order chi connectivity index (χ0) is 14.8. The van der Waals surface area contributed by atoms with E-state index in [1.807, 2.05) is 12.1 Å². The fraction of sp³-hybridized carbons (Fsp3) is 0.235. The standard InChI is InChI=1S/C17H15ClN2O/c18-13-5-4-12(10-19)17(9-13)20-16-3-1-2-11-8-14(21)6-7-15(11)16/h4-9,16,20-21H,1-3H2. The van der Waals surface area contributed by atoms with Crippen LogP contribution in [0.5, 0.6) is 5.75 Å². The van der Waals surface area contributed by atoms with E-state index < -0.39 is 0 Å². The maximum Gasteiger partial charge on any atom is 0.115 e. The van der Waals surface area contributed by atoms with E-state index in [2.05, 4.69) is 11.4 Å². The van der Waals surface area contributed by atoms with E-state index in [0.717, 1.165) is 24.9 Å². The summed E-state index contributed by atoms with van der Waals surface area (Å²) in [5.74, 6) is 0.301. The quantitative estimate of drug-likeness (QED) is 0.863. The topological polar surface area (TPSA) is 56.0 Å². The smallest absolute Gasteiger partial charge is 0.115 e. The number of hydrogen-bond acceptors (Lipinski definition) is 3. The van der Waals surface area contributed by atoms with Gasteiger partial charge in [-0.2, -0.15) is 5.26 Å². The highest BCUT2D eigenvalue weighted by Crippen LogP contribution is 2.35. The van der Waals surface area contributed by atoms with Crippen molar-refractivity contribution in [1.82, 2.24) is 0 Å². The van der Waals surface area contributed by atoms with Crippen molar-refractivity contribution in [3.05, 3.63) is 58.1 Å². The van der Waals surface area contributed by atoms with Crippen LogP contribution in [0.3, 0.4) is 0 Å². The Bertz CT molecular complexity index is 721. The first-order chi connectivity index (χ1) is 10.2. The molecular formula is C17H15ClN2O. The molecule has 1 aliphatic carbocycles. The SMILES string of the molecule is N#Cc1ccc(Cl)cc1NC1CCCc2cc(O)ccc21. The second kappa shape index (κ2) is 5.67. The lowest BCUT2D eigenvalue weighted by Crippen LogP contribution is -2.17. The minimum atomic E-state index is 0.139. The molecular weight excluding hydrogens is 284 g/mol. The van der Waals surface area contributed by atoms with E-state index >= 15 is 0 Å². The van der Waals surface area contributed by atoms with E-state index in [1.54, 1.807) is 24.3 Å². The third-order valence-corrected chi connectivity index (χ3v) is 4.11. The largest absolute Gasteiger partial charge is 0.508 e. The Hall–Kier alpha value is -2.18. The molecule has 0 bridgehead atoms. The van der Waals surface area contributed by atoms with Gasteiger partial charge in [-0.15, -0.1) is 0 Å². The van der Waals surface area contributed by atoms with Crippen LogP contribution in [-0.4, -0.2) is 5.11 Å². The second-order valence-corrected chi connectivity index (χ2v) is 5.71. The molecule has 0 amide bonds. The molecule has 2 N–H and O–H groups in total. The number of aryl methyl sites for hydroxylation is 1. The zero-order valence-corrected chi connectivity index (χ0v) is 12.2. The molecule has 4 heteroatoms. The van der Waals surface area contributed by atoms with E-state index in [4.69, 9.17) is 11.6 Å². The third kappa shape index (κ3) is 2.81. The molecule has 0 aromatic heterocycles. The van der Waals surface area contributed by atoms with Crippen molar-refractivity contribution in [3.8, 4) is 11.8 Å². The van der Waals surface area contributed by atoms with Gasteiger partial charge in [-0.3, -0.25) is 0 Å². The second-order valence-electron chi connectivity index (χ2n) is 5.27. The van der Waals surface area contributed by atoms with Crippen molar-refractivity contribution < 1.29 is 5.11 Å². The number of anilines is 1. The number of nitrogens with zero attached hydrogens (tertiary/aromatic N) is 1. The predicted octanol–water partition coefficient (Wildman–Crippen LogP) is 4.41. The zero-order valence-electron chi connectivity index (χ0n) is 11.4. The van der Waals surface area contributed by atoms with Crippen molar-refractivity contribution in [1.29, 1.82) is 5.26 Å². The summed E-state index contributed by atoms with van der Waals surface area (Å²) in [5, 5.41) is 22.8. The average molecular weight is 299 g/mol. The molecule has 106 valence electrons. The monoisotopic (exact) mass is 298 g/mol. The van der Waals surface area contributed by atoms with Crippen LogP contribution in [0.4, 0.5) is 5.69 Å². The number of aromatic hydroxyl groups is 1. The van der Waals surface area contributed by atoms with Crippen LogP contribution in [0.25, 0.3) is 0 Å². The van der Waals surface area contributed by atoms with Gasteiger partial charge in [0.2, 0.25) is 0 Å². The molecule has 0 aliphatic heterocycles. The first-order valence-corrected chi connectivity index (χ1v) is 7.33. The predicted molar refractivity (Wildman–Crippen MR) is 83.6 cm³/mol. The van der Waals surface area contributed by atoms with Crippen LogP contribution in [0.2, 0.25) is 5.02 Å². The number of fused-ring (bicyclic) bond motifs is 1. The Morgan fingerprint density at radius 2 is 2.10 bits per heavy atom. The molecule has 0 spiro atoms. The molecule has 0 radical (unpaired) electrons. The van der Waals surface area contributed by atoms with E-state index in [1.165, 1.54) is 11.1 Å². The van der Waals surface area contributed by atoms with Crippen molar-refractivity contribution in [2.24, 2.45) is 0 Å². The van der Waals surface area contributed by atoms with Gasteiger partial charge in [-0.05, 0) is 60.7 Å². The van der Waals surface area contributed by atoms with Gasteiger partial charge < -0.3 is 10.4 Å². The molecule has 0 saturated carbocycles. The Morgan fingerprint density at radius 1 is 1.24 bits per heavy atom. The van der Waals surface area contributed by atoms with Crippen molar-refractivity contribution in [3.63, 3.8) is 0 Å². The number of phenolic OH excluding ortho intramolecular Hbond substituents is 1. The van der Waals surface area contributed by atoms with E-state index in [0.29, 0.717) is 16.3 Å². The van der Waals surface area contributed by atoms with Gasteiger partial charge in [0.1, 0.15) is 11.8 Å². The van der Waals surface area contributed by atoms with Gasteiger partial charge in [0.15, 0.2) is 0 Å². The Morgan fingerprint density at radius 3 is 2.90 bits per heavy atom. The molecule has 2 aromatic rings. The highest BCUT2D eigenvalue weighted by atomic mass is 35.5. The van der Waals surface area contributed by atoms with Crippen LogP contribution < -0.4 is 5.32 Å². The molecule has 21 heavy (non-hydrogen) atoms. The van der Waals surface area contributed by atoms with Crippen molar-refractivity contribution in [2.75, 3.05) is 5.32 Å². The summed E-state index contributed by atoms with van der Waals surface area (Å²) in [6.07, 6.45) is 3.02. The number of nitrogens with one attached hydrogen (secondary N) is 1. The summed E-state index contributed by atoms with van der Waals surface area (Å²) in [5.41, 5.74) is 3.70. The molecule has 1 atom stereocenters. The highest BCUT2D eigenvalue weighted by molar-refractivity contribution is 6.30. The average Bonchev–Trinajstić information content (AvgIpc) is 2.47. The fourth-order valence-electron chi connectivity index (χ4n) is 2.87. The maximum absolute atomic E-state index is 9.60. The van der Waals surface area contributed by atoms with Crippen molar-refractivity contribution in [2.45, 2.75) is 25.3 Å². The van der Waals surface area contributed by atoms with Gasteiger partial charge in [0.25, 0.3) is 0 Å².